The molecule has 2 aromatic rings. The number of Topliss-reactive ketones (excluding diaryl/α,β-unsaturated/α-hetero) is 1. The van der Waals surface area contributed by atoms with Crippen molar-refractivity contribution in [3.8, 4) is 17.2 Å². The van der Waals surface area contributed by atoms with Crippen LogP contribution in [0.15, 0.2) is 30.3 Å². The third-order valence-electron chi connectivity index (χ3n) is 10.4. The number of rotatable bonds is 3. The smallest absolute Gasteiger partial charge is 0.181 e. The van der Waals surface area contributed by atoms with Crippen LogP contribution in [0.4, 0.5) is 0 Å². The third-order valence-corrected chi connectivity index (χ3v) is 10.4. The molecule has 3 fully saturated rings. The molecule has 0 radical (unpaired) electrons. The second-order valence-electron chi connectivity index (χ2n) is 12.1. The second kappa shape index (κ2) is 6.40. The predicted molar refractivity (Wildman–Crippen MR) is 128 cm³/mol. The summed E-state index contributed by atoms with van der Waals surface area (Å²) in [5.41, 5.74) is 1.76. The fraction of sp³-hybridized carbons (Fsp3) is 0.552. The number of fused-ring (bicyclic) bond motifs is 1. The number of ether oxygens (including phenoxy) is 2. The van der Waals surface area contributed by atoms with Gasteiger partial charge in [-0.1, -0.05) is 12.1 Å². The van der Waals surface area contributed by atoms with Crippen LogP contribution in [0, 0.1) is 11.3 Å². The number of aromatic hydroxyl groups is 1. The second-order valence-corrected chi connectivity index (χ2v) is 12.1. The minimum atomic E-state index is -1.09. The molecule has 2 heterocycles. The number of aliphatic hydroxyl groups is 1. The van der Waals surface area contributed by atoms with Crippen molar-refractivity contribution in [2.45, 2.75) is 68.1 Å². The van der Waals surface area contributed by atoms with Crippen LogP contribution in [0.2, 0.25) is 0 Å². The van der Waals surface area contributed by atoms with E-state index in [2.05, 4.69) is 11.0 Å². The zero-order chi connectivity index (χ0) is 23.7. The molecule has 5 atom stereocenters. The Morgan fingerprint density at radius 1 is 1.14 bits per heavy atom. The number of likely N-dealkylation sites (tertiary alicyclic amines) is 1. The first-order chi connectivity index (χ1) is 16.9. The molecule has 2 saturated carbocycles. The third kappa shape index (κ3) is 2.36. The van der Waals surface area contributed by atoms with Crippen molar-refractivity contribution in [1.82, 2.24) is 4.90 Å². The number of benzene rings is 2. The molecule has 8 rings (SSSR count). The van der Waals surface area contributed by atoms with E-state index in [1.54, 1.807) is 13.2 Å². The van der Waals surface area contributed by atoms with Gasteiger partial charge in [0.1, 0.15) is 5.75 Å². The number of phenols is 1. The molecular formula is C29H31NO5. The highest BCUT2D eigenvalue weighted by molar-refractivity contribution is 5.96. The number of carbonyl (C=O) groups is 1. The van der Waals surface area contributed by atoms with E-state index in [0.717, 1.165) is 53.4 Å². The highest BCUT2D eigenvalue weighted by Crippen LogP contribution is 2.68. The standard InChI is InChI=1S/C29H31NO5/c1-34-20-6-4-18-12-27(13-19(18)10-20)15-29(33)22-11-17-5-7-21(31)24-23(17)28(29,26(35-24)25(27)32)8-9-30(22)14-16-2-3-16/h4-7,10,16,22,26,31,33H,2-3,8-9,11-15H2,1H3/t22-,26-,27?,28-,29+/m0/s1. The van der Waals surface area contributed by atoms with Crippen molar-refractivity contribution in [3.05, 3.63) is 52.6 Å². The number of hydrogen-bond donors (Lipinski definition) is 2. The first-order valence-corrected chi connectivity index (χ1v) is 13.1. The summed E-state index contributed by atoms with van der Waals surface area (Å²) in [5, 5.41) is 23.7. The quantitative estimate of drug-likeness (QED) is 0.714. The van der Waals surface area contributed by atoms with Crippen LogP contribution < -0.4 is 9.47 Å². The molecule has 1 unspecified atom stereocenters. The number of hydrogen-bond acceptors (Lipinski definition) is 6. The zero-order valence-corrected chi connectivity index (χ0v) is 20.0. The fourth-order valence-corrected chi connectivity index (χ4v) is 8.68. The van der Waals surface area contributed by atoms with Crippen molar-refractivity contribution >= 4 is 5.78 Å². The van der Waals surface area contributed by atoms with Crippen LogP contribution >= 0.6 is 0 Å². The van der Waals surface area contributed by atoms with Crippen LogP contribution in [-0.4, -0.2) is 58.8 Å². The van der Waals surface area contributed by atoms with Gasteiger partial charge in [-0.3, -0.25) is 9.69 Å². The molecule has 4 aliphatic carbocycles. The van der Waals surface area contributed by atoms with Gasteiger partial charge < -0.3 is 19.7 Å². The minimum absolute atomic E-state index is 0.0471. The molecule has 2 spiro atoms. The number of phenolic OH excluding ortho intramolecular Hbond substituents is 1. The maximum atomic E-state index is 14.5. The topological polar surface area (TPSA) is 79.2 Å². The van der Waals surface area contributed by atoms with Gasteiger partial charge in [-0.15, -0.1) is 0 Å². The van der Waals surface area contributed by atoms with Crippen LogP contribution in [0.3, 0.4) is 0 Å². The Balaban J connectivity index is 1.30. The Hall–Kier alpha value is -2.57. The first-order valence-electron chi connectivity index (χ1n) is 13.1. The molecule has 182 valence electrons. The molecule has 6 aliphatic rings. The molecule has 6 nitrogen and oxygen atoms in total. The molecule has 1 saturated heterocycles. The lowest BCUT2D eigenvalue weighted by molar-refractivity contribution is -0.209. The highest BCUT2D eigenvalue weighted by atomic mass is 16.5. The summed E-state index contributed by atoms with van der Waals surface area (Å²) in [7, 11) is 1.66. The fourth-order valence-electron chi connectivity index (χ4n) is 8.68. The molecule has 2 bridgehead atoms. The largest absolute Gasteiger partial charge is 0.504 e. The Kier molecular flexibility index (Phi) is 3.77. The SMILES string of the molecule is COc1ccc2c(c1)CC1(C2)C[C@@]2(O)[C@@H]3Cc4ccc(O)c5c4[C@@]2(CCN3CC2CC2)[C@@H](O5)C1=O. The number of piperidine rings is 1. The lowest BCUT2D eigenvalue weighted by atomic mass is 9.44. The molecular weight excluding hydrogens is 442 g/mol. The van der Waals surface area contributed by atoms with E-state index in [4.69, 9.17) is 9.47 Å². The van der Waals surface area contributed by atoms with Gasteiger partial charge >= 0.3 is 0 Å². The Morgan fingerprint density at radius 3 is 2.74 bits per heavy atom. The van der Waals surface area contributed by atoms with Gasteiger partial charge in [-0.2, -0.15) is 0 Å². The molecule has 2 aliphatic heterocycles. The minimum Gasteiger partial charge on any atom is -0.504 e. The Morgan fingerprint density at radius 2 is 1.94 bits per heavy atom. The summed E-state index contributed by atoms with van der Waals surface area (Å²) in [5.74, 6) is 2.12. The van der Waals surface area contributed by atoms with Crippen molar-refractivity contribution < 1.29 is 24.5 Å². The van der Waals surface area contributed by atoms with E-state index in [1.807, 2.05) is 18.2 Å². The summed E-state index contributed by atoms with van der Waals surface area (Å²) < 4.78 is 11.9. The average Bonchev–Trinajstić information content (AvgIpc) is 3.47. The molecule has 0 amide bonds. The summed E-state index contributed by atoms with van der Waals surface area (Å²) in [6.07, 6.45) is 4.85. The van der Waals surface area contributed by atoms with Crippen molar-refractivity contribution in [1.29, 1.82) is 0 Å². The van der Waals surface area contributed by atoms with Crippen molar-refractivity contribution in [3.63, 3.8) is 0 Å². The highest BCUT2D eigenvalue weighted by Gasteiger charge is 2.77. The summed E-state index contributed by atoms with van der Waals surface area (Å²) in [4.78, 5) is 17.0. The van der Waals surface area contributed by atoms with Crippen LogP contribution in [-0.2, 0) is 29.5 Å². The van der Waals surface area contributed by atoms with E-state index < -0.39 is 22.5 Å². The van der Waals surface area contributed by atoms with Crippen molar-refractivity contribution in [2.75, 3.05) is 20.2 Å². The number of nitrogens with zero attached hydrogens (tertiary/aromatic N) is 1. The van der Waals surface area contributed by atoms with Gasteiger partial charge in [-0.05, 0) is 92.3 Å². The maximum absolute atomic E-state index is 14.5. The van der Waals surface area contributed by atoms with Crippen molar-refractivity contribution in [2.24, 2.45) is 11.3 Å². The Labute approximate surface area is 204 Å². The number of ketones is 1. The van der Waals surface area contributed by atoms with Gasteiger partial charge in [-0.25, -0.2) is 0 Å². The molecule has 35 heavy (non-hydrogen) atoms. The Bertz CT molecular complexity index is 1300. The van der Waals surface area contributed by atoms with E-state index in [-0.39, 0.29) is 17.6 Å². The van der Waals surface area contributed by atoms with E-state index in [1.165, 1.54) is 12.8 Å². The predicted octanol–water partition coefficient (Wildman–Crippen LogP) is 2.93. The van der Waals surface area contributed by atoms with Gasteiger partial charge in [0.25, 0.3) is 0 Å². The monoisotopic (exact) mass is 473 g/mol. The first kappa shape index (κ1) is 20.6. The summed E-state index contributed by atoms with van der Waals surface area (Å²) in [6, 6.07) is 9.71. The summed E-state index contributed by atoms with van der Waals surface area (Å²) >= 11 is 0. The normalized spacial score (nSPS) is 38.3. The molecule has 0 aromatic heterocycles. The van der Waals surface area contributed by atoms with Crippen LogP contribution in [0.5, 0.6) is 17.2 Å². The van der Waals surface area contributed by atoms with Gasteiger partial charge in [0, 0.05) is 23.6 Å². The maximum Gasteiger partial charge on any atom is 0.181 e. The lowest BCUT2D eigenvalue weighted by Crippen LogP contribution is -2.79. The number of methoxy groups -OCH3 is 1. The van der Waals surface area contributed by atoms with Gasteiger partial charge in [0.05, 0.1) is 18.1 Å². The van der Waals surface area contributed by atoms with E-state index >= 15 is 0 Å². The molecule has 2 aromatic carbocycles. The van der Waals surface area contributed by atoms with Crippen LogP contribution in [0.1, 0.15) is 47.9 Å². The lowest BCUT2D eigenvalue weighted by Gasteiger charge is -2.65. The van der Waals surface area contributed by atoms with Gasteiger partial charge in [0.2, 0.25) is 0 Å². The summed E-state index contributed by atoms with van der Waals surface area (Å²) in [6.45, 7) is 1.88. The zero-order valence-electron chi connectivity index (χ0n) is 20.0. The molecule has 6 heteroatoms. The van der Waals surface area contributed by atoms with E-state index in [9.17, 15) is 15.0 Å². The average molecular weight is 474 g/mol. The van der Waals surface area contributed by atoms with Gasteiger partial charge in [0.15, 0.2) is 23.4 Å². The number of carbonyl (C=O) groups excluding carboxylic acids is 1. The van der Waals surface area contributed by atoms with Crippen LogP contribution in [0.25, 0.3) is 0 Å². The molecule has 2 N–H and O–H groups in total. The van der Waals surface area contributed by atoms with E-state index in [0.29, 0.717) is 31.4 Å².